The Hall–Kier alpha value is -3.29. The molecule has 1 N–H and O–H groups in total. The average Bonchev–Trinajstić information content (AvgIpc) is 3.35. The van der Waals surface area contributed by atoms with Gasteiger partial charge in [0.05, 0.1) is 5.92 Å². The minimum absolute atomic E-state index is 0.0647. The van der Waals surface area contributed by atoms with Gasteiger partial charge in [0.25, 0.3) is 0 Å². The Balaban J connectivity index is 1.41. The van der Waals surface area contributed by atoms with Gasteiger partial charge in [-0.3, -0.25) is 14.4 Å². The molecule has 0 aliphatic carbocycles. The second kappa shape index (κ2) is 8.45. The molecule has 0 radical (unpaired) electrons. The Morgan fingerprint density at radius 1 is 1.16 bits per heavy atom. The van der Waals surface area contributed by atoms with Gasteiger partial charge in [0, 0.05) is 55.5 Å². The van der Waals surface area contributed by atoms with E-state index in [1.807, 2.05) is 19.1 Å². The van der Waals surface area contributed by atoms with Crippen LogP contribution >= 0.6 is 0 Å². The van der Waals surface area contributed by atoms with Crippen molar-refractivity contribution in [2.45, 2.75) is 32.7 Å². The van der Waals surface area contributed by atoms with Crippen molar-refractivity contribution in [2.24, 2.45) is 5.92 Å². The Labute approximate surface area is 178 Å². The van der Waals surface area contributed by atoms with Gasteiger partial charge in [-0.1, -0.05) is 13.0 Å². The molecule has 0 bridgehead atoms. The zero-order valence-electron chi connectivity index (χ0n) is 17.2. The number of hydrogen-bond acceptors (Lipinski definition) is 3. The van der Waals surface area contributed by atoms with Crippen LogP contribution < -0.4 is 15.1 Å². The van der Waals surface area contributed by atoms with Crippen LogP contribution in [0.25, 0.3) is 0 Å². The normalized spacial score (nSPS) is 17.8. The van der Waals surface area contributed by atoms with Crippen LogP contribution in [0.4, 0.5) is 20.2 Å². The average molecular weight is 427 g/mol. The highest BCUT2D eigenvalue weighted by molar-refractivity contribution is 6.01. The number of nitrogens with one attached hydrogen (secondary N) is 1. The topological polar surface area (TPSA) is 69.7 Å². The van der Waals surface area contributed by atoms with Gasteiger partial charge in [-0.05, 0) is 36.2 Å². The van der Waals surface area contributed by atoms with Crippen LogP contribution in [0, 0.1) is 17.6 Å². The fraction of sp³-hybridized carbons (Fsp3) is 0.348. The van der Waals surface area contributed by atoms with E-state index in [-0.39, 0.29) is 42.8 Å². The number of benzene rings is 2. The van der Waals surface area contributed by atoms with E-state index in [1.54, 1.807) is 15.9 Å². The Morgan fingerprint density at radius 2 is 1.97 bits per heavy atom. The zero-order valence-corrected chi connectivity index (χ0v) is 17.2. The first-order valence-corrected chi connectivity index (χ1v) is 10.3. The van der Waals surface area contributed by atoms with Crippen LogP contribution in [-0.4, -0.2) is 30.8 Å². The maximum Gasteiger partial charge on any atom is 0.227 e. The minimum atomic E-state index is -0.724. The Morgan fingerprint density at radius 3 is 2.71 bits per heavy atom. The monoisotopic (exact) mass is 427 g/mol. The Bertz CT molecular complexity index is 1060. The molecule has 6 nitrogen and oxygen atoms in total. The number of anilines is 2. The molecule has 2 aromatic carbocycles. The molecule has 3 amide bonds. The van der Waals surface area contributed by atoms with Crippen LogP contribution in [-0.2, 0) is 27.3 Å². The summed E-state index contributed by atoms with van der Waals surface area (Å²) in [6, 6.07) is 8.74. The highest BCUT2D eigenvalue weighted by atomic mass is 19.1. The third-order valence-electron chi connectivity index (χ3n) is 5.84. The number of hydrogen-bond donors (Lipinski definition) is 1. The number of halogens is 2. The zero-order chi connectivity index (χ0) is 22.1. The lowest BCUT2D eigenvalue weighted by atomic mass is 10.1. The first-order valence-electron chi connectivity index (χ1n) is 10.3. The van der Waals surface area contributed by atoms with Crippen molar-refractivity contribution < 1.29 is 23.2 Å². The molecule has 2 aromatic rings. The standard InChI is InChI=1S/C23H23F2N3O3/c1-2-21(29)27-8-7-14-9-18(5-6-20(14)27)28-13-16(10-22(28)30)23(31)26-12-15-3-4-17(24)11-19(15)25/h3-6,9,11,16H,2,7-8,10,12-13H2,1H3,(H,26,31)/t16-/m1/s1. The van der Waals surface area contributed by atoms with Gasteiger partial charge >= 0.3 is 0 Å². The maximum atomic E-state index is 13.8. The molecule has 2 heterocycles. The van der Waals surface area contributed by atoms with Gasteiger partial charge in [-0.15, -0.1) is 0 Å². The van der Waals surface area contributed by atoms with E-state index in [2.05, 4.69) is 5.32 Å². The Kier molecular flexibility index (Phi) is 5.71. The van der Waals surface area contributed by atoms with E-state index >= 15 is 0 Å². The lowest BCUT2D eigenvalue weighted by molar-refractivity contribution is -0.126. The number of carbonyl (C=O) groups is 3. The summed E-state index contributed by atoms with van der Waals surface area (Å²) < 4.78 is 26.8. The highest BCUT2D eigenvalue weighted by Gasteiger charge is 2.36. The molecule has 1 fully saturated rings. The summed E-state index contributed by atoms with van der Waals surface area (Å²) in [4.78, 5) is 40.5. The van der Waals surface area contributed by atoms with Crippen molar-refractivity contribution >= 4 is 29.1 Å². The lowest BCUT2D eigenvalue weighted by Gasteiger charge is -2.20. The summed E-state index contributed by atoms with van der Waals surface area (Å²) in [5.74, 6) is -2.40. The van der Waals surface area contributed by atoms with Crippen LogP contribution in [0.2, 0.25) is 0 Å². The lowest BCUT2D eigenvalue weighted by Crippen LogP contribution is -2.32. The predicted molar refractivity (Wildman–Crippen MR) is 111 cm³/mol. The van der Waals surface area contributed by atoms with E-state index in [4.69, 9.17) is 0 Å². The molecule has 0 aromatic heterocycles. The van der Waals surface area contributed by atoms with Gasteiger partial charge in [-0.25, -0.2) is 8.78 Å². The molecule has 4 rings (SSSR count). The number of carbonyl (C=O) groups excluding carboxylic acids is 3. The number of amides is 3. The predicted octanol–water partition coefficient (Wildman–Crippen LogP) is 2.93. The first kappa shape index (κ1) is 21.0. The molecule has 1 saturated heterocycles. The molecule has 2 aliphatic heterocycles. The van der Waals surface area contributed by atoms with Crippen LogP contribution in [0.15, 0.2) is 36.4 Å². The second-order valence-electron chi connectivity index (χ2n) is 7.82. The van der Waals surface area contributed by atoms with Gasteiger partial charge in [0.1, 0.15) is 11.6 Å². The smallest absolute Gasteiger partial charge is 0.227 e. The number of nitrogens with zero attached hydrogens (tertiary/aromatic N) is 2. The fourth-order valence-corrected chi connectivity index (χ4v) is 4.13. The van der Waals surface area contributed by atoms with Crippen LogP contribution in [0.1, 0.15) is 30.9 Å². The van der Waals surface area contributed by atoms with E-state index in [0.717, 1.165) is 29.8 Å². The SMILES string of the molecule is CCC(=O)N1CCc2cc(N3C[C@H](C(=O)NCc4ccc(F)cc4F)CC3=O)ccc21. The summed E-state index contributed by atoms with van der Waals surface area (Å²) in [6.45, 7) is 2.61. The molecule has 0 saturated carbocycles. The van der Waals surface area contributed by atoms with Crippen molar-refractivity contribution in [3.05, 3.63) is 59.2 Å². The molecule has 31 heavy (non-hydrogen) atoms. The molecule has 2 aliphatic rings. The number of rotatable bonds is 5. The molecule has 162 valence electrons. The van der Waals surface area contributed by atoms with E-state index in [1.165, 1.54) is 6.07 Å². The molecule has 0 unspecified atom stereocenters. The third-order valence-corrected chi connectivity index (χ3v) is 5.84. The molecule has 8 heteroatoms. The third kappa shape index (κ3) is 4.15. The van der Waals surface area contributed by atoms with E-state index in [9.17, 15) is 23.2 Å². The summed E-state index contributed by atoms with van der Waals surface area (Å²) >= 11 is 0. The van der Waals surface area contributed by atoms with Crippen molar-refractivity contribution in [2.75, 3.05) is 22.9 Å². The summed E-state index contributed by atoms with van der Waals surface area (Å²) in [7, 11) is 0. The highest BCUT2D eigenvalue weighted by Crippen LogP contribution is 2.34. The molecule has 0 spiro atoms. The van der Waals surface area contributed by atoms with Crippen LogP contribution in [0.5, 0.6) is 0 Å². The molecular formula is C23H23F2N3O3. The summed E-state index contributed by atoms with van der Waals surface area (Å²) in [5, 5.41) is 2.64. The van der Waals surface area contributed by atoms with Gasteiger partial charge in [0.2, 0.25) is 17.7 Å². The van der Waals surface area contributed by atoms with Gasteiger partial charge in [0.15, 0.2) is 0 Å². The second-order valence-corrected chi connectivity index (χ2v) is 7.82. The van der Waals surface area contributed by atoms with Crippen molar-refractivity contribution in [1.82, 2.24) is 5.32 Å². The molecular weight excluding hydrogens is 404 g/mol. The maximum absolute atomic E-state index is 13.8. The van der Waals surface area contributed by atoms with E-state index in [0.29, 0.717) is 18.7 Å². The van der Waals surface area contributed by atoms with E-state index < -0.39 is 17.6 Å². The van der Waals surface area contributed by atoms with Crippen LogP contribution in [0.3, 0.4) is 0 Å². The largest absolute Gasteiger partial charge is 0.352 e. The van der Waals surface area contributed by atoms with Crippen molar-refractivity contribution in [3.63, 3.8) is 0 Å². The van der Waals surface area contributed by atoms with Gasteiger partial charge < -0.3 is 15.1 Å². The van der Waals surface area contributed by atoms with Crippen molar-refractivity contribution in [1.29, 1.82) is 0 Å². The summed E-state index contributed by atoms with van der Waals surface area (Å²) in [6.07, 6.45) is 1.23. The fourth-order valence-electron chi connectivity index (χ4n) is 4.13. The summed E-state index contributed by atoms with van der Waals surface area (Å²) in [5.41, 5.74) is 2.76. The minimum Gasteiger partial charge on any atom is -0.352 e. The van der Waals surface area contributed by atoms with Crippen molar-refractivity contribution in [3.8, 4) is 0 Å². The number of fused-ring (bicyclic) bond motifs is 1. The quantitative estimate of drug-likeness (QED) is 0.798. The van der Waals surface area contributed by atoms with Gasteiger partial charge in [-0.2, -0.15) is 0 Å². The molecule has 1 atom stereocenters. The first-order chi connectivity index (χ1) is 14.9.